The first-order chi connectivity index (χ1) is 15.2. The fourth-order valence-corrected chi connectivity index (χ4v) is 3.94. The normalized spacial score (nSPS) is 18.0. The summed E-state index contributed by atoms with van der Waals surface area (Å²) >= 11 is 0. The van der Waals surface area contributed by atoms with Crippen LogP contribution >= 0.6 is 0 Å². The van der Waals surface area contributed by atoms with E-state index in [2.05, 4.69) is 5.32 Å². The number of aliphatic hydroxyl groups excluding tert-OH is 1. The highest BCUT2D eigenvalue weighted by Crippen LogP contribution is 2.28. The first-order valence-electron chi connectivity index (χ1n) is 10.8. The van der Waals surface area contributed by atoms with E-state index in [1.165, 1.54) is 23.1 Å². The van der Waals surface area contributed by atoms with Gasteiger partial charge in [-0.1, -0.05) is 44.2 Å². The lowest BCUT2D eigenvalue weighted by Gasteiger charge is -2.29. The molecule has 1 aliphatic rings. The van der Waals surface area contributed by atoms with Crippen LogP contribution in [0.1, 0.15) is 38.3 Å². The summed E-state index contributed by atoms with van der Waals surface area (Å²) < 4.78 is 28.1. The van der Waals surface area contributed by atoms with Gasteiger partial charge in [0.15, 0.2) is 0 Å². The van der Waals surface area contributed by atoms with Gasteiger partial charge in [0, 0.05) is 6.54 Å². The van der Waals surface area contributed by atoms with Crippen LogP contribution in [0.5, 0.6) is 0 Å². The van der Waals surface area contributed by atoms with Crippen molar-refractivity contribution in [2.75, 3.05) is 13.2 Å². The van der Waals surface area contributed by atoms with Gasteiger partial charge >= 0.3 is 0 Å². The second kappa shape index (κ2) is 10.2. The molecule has 0 radical (unpaired) electrons. The van der Waals surface area contributed by atoms with E-state index in [-0.39, 0.29) is 29.9 Å². The Morgan fingerprint density at radius 3 is 2.34 bits per heavy atom. The lowest BCUT2D eigenvalue weighted by atomic mass is 9.99. The molecule has 172 valence electrons. The summed E-state index contributed by atoms with van der Waals surface area (Å²) in [4.78, 5) is 27.1. The number of halogens is 2. The fraction of sp³-hybridized carbons (Fsp3) is 0.417. The van der Waals surface area contributed by atoms with Crippen molar-refractivity contribution in [1.82, 2.24) is 10.2 Å². The SMILES string of the molecule is CC(C)C(N)C(=O)N1CCCC1C(=O)NC(CO)c1ccc(-c2c(F)cccc2F)cc1. The predicted molar refractivity (Wildman–Crippen MR) is 117 cm³/mol. The summed E-state index contributed by atoms with van der Waals surface area (Å²) in [5, 5.41) is 12.6. The highest BCUT2D eigenvalue weighted by Gasteiger charge is 2.37. The number of nitrogens with zero attached hydrogens (tertiary/aromatic N) is 1. The topological polar surface area (TPSA) is 95.7 Å². The number of nitrogens with two attached hydrogens (primary N) is 1. The number of nitrogens with one attached hydrogen (secondary N) is 1. The maximum atomic E-state index is 14.0. The zero-order valence-corrected chi connectivity index (χ0v) is 18.2. The zero-order chi connectivity index (χ0) is 23.4. The number of hydrogen-bond acceptors (Lipinski definition) is 4. The lowest BCUT2D eigenvalue weighted by Crippen LogP contribution is -2.53. The van der Waals surface area contributed by atoms with Crippen LogP contribution in [-0.2, 0) is 9.59 Å². The Hall–Kier alpha value is -2.84. The van der Waals surface area contributed by atoms with E-state index in [0.29, 0.717) is 30.5 Å². The minimum Gasteiger partial charge on any atom is -0.394 e. The number of carbonyl (C=O) groups is 2. The number of benzene rings is 2. The Kier molecular flexibility index (Phi) is 7.58. The summed E-state index contributed by atoms with van der Waals surface area (Å²) in [6.07, 6.45) is 1.22. The summed E-state index contributed by atoms with van der Waals surface area (Å²) in [5.74, 6) is -2.01. The number of amides is 2. The van der Waals surface area contributed by atoms with Gasteiger partial charge in [-0.3, -0.25) is 9.59 Å². The molecule has 3 rings (SSSR count). The van der Waals surface area contributed by atoms with Crippen LogP contribution < -0.4 is 11.1 Å². The quantitative estimate of drug-likeness (QED) is 0.611. The van der Waals surface area contributed by atoms with E-state index in [1.54, 1.807) is 24.3 Å². The molecule has 2 amide bonds. The Morgan fingerprint density at radius 2 is 1.78 bits per heavy atom. The summed E-state index contributed by atoms with van der Waals surface area (Å²) in [6.45, 7) is 3.80. The predicted octanol–water partition coefficient (Wildman–Crippen LogP) is 2.76. The van der Waals surface area contributed by atoms with Gasteiger partial charge in [0.25, 0.3) is 0 Å². The van der Waals surface area contributed by atoms with Crippen LogP contribution in [-0.4, -0.2) is 47.1 Å². The van der Waals surface area contributed by atoms with Crippen molar-refractivity contribution in [3.05, 3.63) is 59.7 Å². The smallest absolute Gasteiger partial charge is 0.243 e. The minimum absolute atomic E-state index is 0.0465. The van der Waals surface area contributed by atoms with Crippen molar-refractivity contribution in [2.45, 2.75) is 44.8 Å². The highest BCUT2D eigenvalue weighted by atomic mass is 19.1. The molecule has 3 atom stereocenters. The van der Waals surface area contributed by atoms with Crippen molar-refractivity contribution in [2.24, 2.45) is 11.7 Å². The van der Waals surface area contributed by atoms with E-state index >= 15 is 0 Å². The lowest BCUT2D eigenvalue weighted by molar-refractivity contribution is -0.140. The molecule has 1 fully saturated rings. The third kappa shape index (κ3) is 4.97. The molecule has 2 aromatic carbocycles. The largest absolute Gasteiger partial charge is 0.394 e. The van der Waals surface area contributed by atoms with Gasteiger partial charge in [-0.25, -0.2) is 8.78 Å². The van der Waals surface area contributed by atoms with E-state index in [1.807, 2.05) is 13.8 Å². The van der Waals surface area contributed by atoms with Crippen LogP contribution in [0.2, 0.25) is 0 Å². The van der Waals surface area contributed by atoms with Gasteiger partial charge in [-0.05, 0) is 42.0 Å². The Labute approximate surface area is 186 Å². The molecule has 8 heteroatoms. The van der Waals surface area contributed by atoms with Crippen molar-refractivity contribution < 1.29 is 23.5 Å². The molecule has 0 spiro atoms. The number of aliphatic hydroxyl groups is 1. The van der Waals surface area contributed by atoms with Crippen molar-refractivity contribution in [3.63, 3.8) is 0 Å². The Balaban J connectivity index is 1.73. The minimum atomic E-state index is -0.724. The van der Waals surface area contributed by atoms with Crippen molar-refractivity contribution in [1.29, 1.82) is 0 Å². The number of likely N-dealkylation sites (tertiary alicyclic amines) is 1. The van der Waals surface area contributed by atoms with Crippen molar-refractivity contribution in [3.8, 4) is 11.1 Å². The standard InChI is InChI=1S/C24H29F2N3O3/c1-14(2)22(27)24(32)29-12-4-7-20(29)23(31)28-19(13-30)15-8-10-16(11-9-15)21-17(25)5-3-6-18(21)26/h3,5-6,8-11,14,19-20,22,30H,4,7,12-13,27H2,1-2H3,(H,28,31). The maximum absolute atomic E-state index is 14.0. The molecule has 0 aliphatic carbocycles. The molecule has 3 unspecified atom stereocenters. The molecule has 1 heterocycles. The first-order valence-corrected chi connectivity index (χ1v) is 10.8. The zero-order valence-electron chi connectivity index (χ0n) is 18.2. The molecular weight excluding hydrogens is 416 g/mol. The van der Waals surface area contributed by atoms with Crippen molar-refractivity contribution >= 4 is 11.8 Å². The molecule has 1 saturated heterocycles. The average Bonchev–Trinajstić information content (AvgIpc) is 3.27. The van der Waals surface area contributed by atoms with Gasteiger partial charge in [0.05, 0.1) is 24.3 Å². The van der Waals surface area contributed by atoms with Gasteiger partial charge in [-0.15, -0.1) is 0 Å². The highest BCUT2D eigenvalue weighted by molar-refractivity contribution is 5.90. The van der Waals surface area contributed by atoms with Gasteiger partial charge in [0.2, 0.25) is 11.8 Å². The van der Waals surface area contributed by atoms with Crippen LogP contribution in [0.15, 0.2) is 42.5 Å². The summed E-state index contributed by atoms with van der Waals surface area (Å²) in [6, 6.07) is 7.91. The molecule has 0 saturated carbocycles. The molecule has 1 aliphatic heterocycles. The van der Waals surface area contributed by atoms with Crippen LogP contribution in [0, 0.1) is 17.6 Å². The Morgan fingerprint density at radius 1 is 1.16 bits per heavy atom. The molecule has 0 aromatic heterocycles. The van der Waals surface area contributed by atoms with Crippen LogP contribution in [0.4, 0.5) is 8.78 Å². The van der Waals surface area contributed by atoms with Gasteiger partial charge in [0.1, 0.15) is 17.7 Å². The summed E-state index contributed by atoms with van der Waals surface area (Å²) in [7, 11) is 0. The monoisotopic (exact) mass is 445 g/mol. The fourth-order valence-electron chi connectivity index (χ4n) is 3.94. The molecular formula is C24H29F2N3O3. The maximum Gasteiger partial charge on any atom is 0.243 e. The second-order valence-electron chi connectivity index (χ2n) is 8.42. The van der Waals surface area contributed by atoms with Gasteiger partial charge < -0.3 is 21.1 Å². The third-order valence-corrected chi connectivity index (χ3v) is 5.91. The third-order valence-electron chi connectivity index (χ3n) is 5.91. The molecule has 6 nitrogen and oxygen atoms in total. The van der Waals surface area contributed by atoms with Crippen LogP contribution in [0.3, 0.4) is 0 Å². The number of hydrogen-bond donors (Lipinski definition) is 3. The number of carbonyl (C=O) groups excluding carboxylic acids is 2. The van der Waals surface area contributed by atoms with E-state index in [9.17, 15) is 23.5 Å². The number of rotatable bonds is 7. The van der Waals surface area contributed by atoms with E-state index in [4.69, 9.17) is 5.73 Å². The average molecular weight is 446 g/mol. The summed E-state index contributed by atoms with van der Waals surface area (Å²) in [5.41, 5.74) is 6.78. The molecule has 0 bridgehead atoms. The van der Waals surface area contributed by atoms with E-state index < -0.39 is 29.8 Å². The first kappa shape index (κ1) is 23.8. The molecule has 4 N–H and O–H groups in total. The van der Waals surface area contributed by atoms with E-state index in [0.717, 1.165) is 0 Å². The molecule has 2 aromatic rings. The van der Waals surface area contributed by atoms with Crippen LogP contribution in [0.25, 0.3) is 11.1 Å². The van der Waals surface area contributed by atoms with Gasteiger partial charge in [-0.2, -0.15) is 0 Å². The second-order valence-corrected chi connectivity index (χ2v) is 8.42. The molecule has 32 heavy (non-hydrogen) atoms. The Bertz CT molecular complexity index is 945.